The van der Waals surface area contributed by atoms with Gasteiger partial charge in [-0.2, -0.15) is 0 Å². The first kappa shape index (κ1) is 12.6. The number of carbonyl (C=O) groups is 1. The Morgan fingerprint density at radius 2 is 2.00 bits per heavy atom. The van der Waals surface area contributed by atoms with Crippen LogP contribution in [0.2, 0.25) is 0 Å². The third-order valence-corrected chi connectivity index (χ3v) is 3.16. The minimum absolute atomic E-state index is 0.0386. The van der Waals surface area contributed by atoms with Crippen molar-refractivity contribution in [2.24, 2.45) is 5.41 Å². The predicted molar refractivity (Wildman–Crippen MR) is 66.7 cm³/mol. The average molecular weight is 238 g/mol. The van der Waals surface area contributed by atoms with E-state index in [1.165, 1.54) is 0 Å². The Morgan fingerprint density at radius 3 is 2.41 bits per heavy atom. The van der Waals surface area contributed by atoms with E-state index in [0.29, 0.717) is 17.5 Å². The smallest absolute Gasteiger partial charge is 0.248 e. The van der Waals surface area contributed by atoms with Gasteiger partial charge >= 0.3 is 0 Å². The zero-order valence-electron chi connectivity index (χ0n) is 11.0. The standard InChI is InChI=1S/C13H22N2O2/c1-10(11(16)14-12(2,3)4)5-15-6-13(7-15)8-17-9-13/h1,5-9H2,2-4H3,(H,14,16). The van der Waals surface area contributed by atoms with Gasteiger partial charge in [0.1, 0.15) is 0 Å². The van der Waals surface area contributed by atoms with Gasteiger partial charge in [-0.3, -0.25) is 9.69 Å². The van der Waals surface area contributed by atoms with Gasteiger partial charge in [0.25, 0.3) is 0 Å². The number of likely N-dealkylation sites (tertiary alicyclic amines) is 1. The van der Waals surface area contributed by atoms with E-state index in [1.54, 1.807) is 0 Å². The molecule has 0 aliphatic carbocycles. The highest BCUT2D eigenvalue weighted by Gasteiger charge is 2.48. The van der Waals surface area contributed by atoms with Gasteiger partial charge in [-0.25, -0.2) is 0 Å². The Morgan fingerprint density at radius 1 is 1.41 bits per heavy atom. The fourth-order valence-corrected chi connectivity index (χ4v) is 2.36. The van der Waals surface area contributed by atoms with Crippen LogP contribution in [0.1, 0.15) is 20.8 Å². The Kier molecular flexibility index (Phi) is 3.04. The van der Waals surface area contributed by atoms with E-state index in [-0.39, 0.29) is 11.4 Å². The van der Waals surface area contributed by atoms with E-state index in [2.05, 4.69) is 16.8 Å². The summed E-state index contributed by atoms with van der Waals surface area (Å²) in [4.78, 5) is 14.1. The SMILES string of the molecule is C=C(CN1CC2(COC2)C1)C(=O)NC(C)(C)C. The molecule has 1 N–H and O–H groups in total. The highest BCUT2D eigenvalue weighted by atomic mass is 16.5. The number of carbonyl (C=O) groups excluding carboxylic acids is 1. The lowest BCUT2D eigenvalue weighted by molar-refractivity contribution is -0.186. The zero-order chi connectivity index (χ0) is 12.7. The molecule has 1 amide bonds. The number of rotatable bonds is 3. The van der Waals surface area contributed by atoms with Crippen LogP contribution in [0.4, 0.5) is 0 Å². The molecule has 2 fully saturated rings. The molecule has 0 saturated carbocycles. The number of nitrogens with one attached hydrogen (secondary N) is 1. The first-order valence-corrected chi connectivity index (χ1v) is 6.10. The zero-order valence-corrected chi connectivity index (χ0v) is 11.0. The summed E-state index contributed by atoms with van der Waals surface area (Å²) < 4.78 is 5.22. The van der Waals surface area contributed by atoms with Crippen LogP contribution in [0.15, 0.2) is 12.2 Å². The normalized spacial score (nSPS) is 22.8. The van der Waals surface area contributed by atoms with Gasteiger partial charge in [-0.05, 0) is 20.8 Å². The maximum Gasteiger partial charge on any atom is 0.248 e. The summed E-state index contributed by atoms with van der Waals surface area (Å²) in [5, 5.41) is 2.93. The van der Waals surface area contributed by atoms with Crippen molar-refractivity contribution in [1.29, 1.82) is 0 Å². The molecule has 0 aromatic heterocycles. The molecule has 2 saturated heterocycles. The number of hydrogen-bond acceptors (Lipinski definition) is 3. The lowest BCUT2D eigenvalue weighted by atomic mass is 9.78. The van der Waals surface area contributed by atoms with Crippen LogP contribution in [0.3, 0.4) is 0 Å². The summed E-state index contributed by atoms with van der Waals surface area (Å²) in [7, 11) is 0. The monoisotopic (exact) mass is 238 g/mol. The van der Waals surface area contributed by atoms with Crippen molar-refractivity contribution in [3.05, 3.63) is 12.2 Å². The van der Waals surface area contributed by atoms with E-state index in [4.69, 9.17) is 4.74 Å². The summed E-state index contributed by atoms with van der Waals surface area (Å²) in [5.41, 5.74) is 0.855. The molecule has 2 aliphatic rings. The number of hydrogen-bond donors (Lipinski definition) is 1. The van der Waals surface area contributed by atoms with Crippen molar-refractivity contribution in [1.82, 2.24) is 10.2 Å². The third-order valence-electron chi connectivity index (χ3n) is 3.16. The summed E-state index contributed by atoms with van der Waals surface area (Å²) in [6.07, 6.45) is 0. The molecule has 96 valence electrons. The van der Waals surface area contributed by atoms with Crippen molar-refractivity contribution in [2.75, 3.05) is 32.8 Å². The second-order valence-corrected chi connectivity index (χ2v) is 6.45. The van der Waals surface area contributed by atoms with E-state index in [9.17, 15) is 4.79 Å². The maximum absolute atomic E-state index is 11.8. The van der Waals surface area contributed by atoms with Gasteiger partial charge in [-0.15, -0.1) is 0 Å². The molecule has 2 rings (SSSR count). The molecular formula is C13H22N2O2. The van der Waals surface area contributed by atoms with E-state index >= 15 is 0 Å². The van der Waals surface area contributed by atoms with E-state index in [1.807, 2.05) is 20.8 Å². The van der Waals surface area contributed by atoms with Gasteiger partial charge < -0.3 is 10.1 Å². The highest BCUT2D eigenvalue weighted by molar-refractivity contribution is 5.93. The molecule has 0 unspecified atom stereocenters. The van der Waals surface area contributed by atoms with Crippen LogP contribution in [-0.4, -0.2) is 49.2 Å². The third kappa shape index (κ3) is 2.87. The van der Waals surface area contributed by atoms with Crippen molar-refractivity contribution < 1.29 is 9.53 Å². The second-order valence-electron chi connectivity index (χ2n) is 6.45. The highest BCUT2D eigenvalue weighted by Crippen LogP contribution is 2.37. The predicted octanol–water partition coefficient (Wildman–Crippen LogP) is 0.789. The number of nitrogens with zero attached hydrogens (tertiary/aromatic N) is 1. The van der Waals surface area contributed by atoms with Crippen LogP contribution in [0.25, 0.3) is 0 Å². The van der Waals surface area contributed by atoms with Gasteiger partial charge in [0.15, 0.2) is 0 Å². The van der Waals surface area contributed by atoms with Gasteiger partial charge in [0.2, 0.25) is 5.91 Å². The first-order chi connectivity index (χ1) is 7.80. The number of ether oxygens (including phenoxy) is 1. The fraction of sp³-hybridized carbons (Fsp3) is 0.769. The maximum atomic E-state index is 11.8. The Bertz CT molecular complexity index is 332. The molecule has 0 atom stereocenters. The Labute approximate surface area is 103 Å². The summed E-state index contributed by atoms with van der Waals surface area (Å²) in [6.45, 7) is 14.3. The van der Waals surface area contributed by atoms with Crippen LogP contribution >= 0.6 is 0 Å². The molecule has 0 aromatic carbocycles. The topological polar surface area (TPSA) is 41.6 Å². The average Bonchev–Trinajstić information content (AvgIpc) is 2.03. The van der Waals surface area contributed by atoms with Crippen molar-refractivity contribution in [2.45, 2.75) is 26.3 Å². The molecule has 17 heavy (non-hydrogen) atoms. The molecule has 0 radical (unpaired) electrons. The molecule has 4 nitrogen and oxygen atoms in total. The molecule has 4 heteroatoms. The Hall–Kier alpha value is -0.870. The van der Waals surface area contributed by atoms with Crippen LogP contribution < -0.4 is 5.32 Å². The van der Waals surface area contributed by atoms with Gasteiger partial charge in [0.05, 0.1) is 13.2 Å². The minimum atomic E-state index is -0.196. The second kappa shape index (κ2) is 4.10. The Balaban J connectivity index is 1.73. The van der Waals surface area contributed by atoms with E-state index in [0.717, 1.165) is 26.3 Å². The van der Waals surface area contributed by atoms with Crippen LogP contribution in [0.5, 0.6) is 0 Å². The summed E-state index contributed by atoms with van der Waals surface area (Å²) in [6, 6.07) is 0. The van der Waals surface area contributed by atoms with Gasteiger partial charge in [-0.1, -0.05) is 6.58 Å². The molecule has 0 bridgehead atoms. The summed E-state index contributed by atoms with van der Waals surface area (Å²) >= 11 is 0. The molecule has 2 aliphatic heterocycles. The van der Waals surface area contributed by atoms with Crippen molar-refractivity contribution >= 4 is 5.91 Å². The molecular weight excluding hydrogens is 216 g/mol. The molecule has 2 heterocycles. The lowest BCUT2D eigenvalue weighted by Crippen LogP contribution is -2.66. The largest absolute Gasteiger partial charge is 0.380 e. The quantitative estimate of drug-likeness (QED) is 0.739. The summed E-state index contributed by atoms with van der Waals surface area (Å²) in [5.74, 6) is -0.0386. The van der Waals surface area contributed by atoms with Crippen molar-refractivity contribution in [3.63, 3.8) is 0 Å². The van der Waals surface area contributed by atoms with E-state index < -0.39 is 0 Å². The van der Waals surface area contributed by atoms with Crippen LogP contribution in [-0.2, 0) is 9.53 Å². The number of amides is 1. The fourth-order valence-electron chi connectivity index (χ4n) is 2.36. The molecule has 0 aromatic rings. The van der Waals surface area contributed by atoms with Crippen molar-refractivity contribution in [3.8, 4) is 0 Å². The lowest BCUT2D eigenvalue weighted by Gasteiger charge is -2.55. The van der Waals surface area contributed by atoms with Gasteiger partial charge in [0, 0.05) is 36.2 Å². The van der Waals surface area contributed by atoms with Crippen LogP contribution in [0, 0.1) is 5.41 Å². The minimum Gasteiger partial charge on any atom is -0.380 e. The molecule has 1 spiro atoms. The first-order valence-electron chi connectivity index (χ1n) is 6.10.